The first-order valence-electron chi connectivity index (χ1n) is 6.39. The van der Waals surface area contributed by atoms with Crippen LogP contribution in [0.25, 0.3) is 0 Å². The molecule has 1 aromatic heterocycles. The van der Waals surface area contributed by atoms with Crippen molar-refractivity contribution in [3.8, 4) is 0 Å². The van der Waals surface area contributed by atoms with Gasteiger partial charge in [-0.25, -0.2) is 0 Å². The fourth-order valence-electron chi connectivity index (χ4n) is 1.60. The molecule has 0 radical (unpaired) electrons. The molecule has 0 N–H and O–H groups in total. The summed E-state index contributed by atoms with van der Waals surface area (Å²) in [7, 11) is 2.53. The van der Waals surface area contributed by atoms with Gasteiger partial charge in [-0.1, -0.05) is 6.92 Å². The zero-order valence-corrected chi connectivity index (χ0v) is 12.3. The van der Waals surface area contributed by atoms with Crippen LogP contribution < -0.4 is 4.90 Å². The van der Waals surface area contributed by atoms with Gasteiger partial charge < -0.3 is 14.4 Å². The minimum Gasteiger partial charge on any atom is -0.468 e. The summed E-state index contributed by atoms with van der Waals surface area (Å²) in [5.41, 5.74) is 0.871. The number of carbonyl (C=O) groups is 3. The maximum atomic E-state index is 11.5. The molecule has 0 amide bonds. The Kier molecular flexibility index (Phi) is 6.32. The summed E-state index contributed by atoms with van der Waals surface area (Å²) >= 11 is 0. The molecule has 0 saturated heterocycles. The van der Waals surface area contributed by atoms with Gasteiger partial charge >= 0.3 is 11.9 Å². The summed E-state index contributed by atoms with van der Waals surface area (Å²) in [4.78, 5) is 39.8. The van der Waals surface area contributed by atoms with Crippen molar-refractivity contribution in [2.24, 2.45) is 0 Å². The van der Waals surface area contributed by atoms with Gasteiger partial charge in [0.2, 0.25) is 0 Å². The summed E-state index contributed by atoms with van der Waals surface area (Å²) in [6.07, 6.45) is 1.80. The number of carbonyl (C=O) groups excluding carboxylic acids is 3. The standard InChI is InChI=1S/C14H18N2O5/c1-4-12(17)11-6-5-10(7-15-11)16(8-13(18)20-2)9-14(19)21-3/h5-7H,4,8-9H2,1-3H3. The minimum atomic E-state index is -0.493. The number of nitrogens with zero attached hydrogens (tertiary/aromatic N) is 2. The number of ketones is 1. The molecule has 0 atom stereocenters. The Hall–Kier alpha value is -2.44. The molecular formula is C14H18N2O5. The van der Waals surface area contributed by atoms with Crippen molar-refractivity contribution in [3.05, 3.63) is 24.0 Å². The predicted molar refractivity (Wildman–Crippen MR) is 75.1 cm³/mol. The van der Waals surface area contributed by atoms with E-state index in [0.717, 1.165) is 0 Å². The number of rotatable bonds is 7. The van der Waals surface area contributed by atoms with Gasteiger partial charge in [0.25, 0.3) is 0 Å². The van der Waals surface area contributed by atoms with Gasteiger partial charge in [-0.2, -0.15) is 0 Å². The number of hydrogen-bond donors (Lipinski definition) is 0. The lowest BCUT2D eigenvalue weighted by atomic mass is 10.2. The van der Waals surface area contributed by atoms with E-state index in [1.54, 1.807) is 19.1 Å². The number of methoxy groups -OCH3 is 2. The van der Waals surface area contributed by atoms with E-state index >= 15 is 0 Å². The Morgan fingerprint density at radius 1 is 1.10 bits per heavy atom. The van der Waals surface area contributed by atoms with Crippen molar-refractivity contribution in [1.82, 2.24) is 4.98 Å². The Labute approximate surface area is 122 Å². The van der Waals surface area contributed by atoms with Crippen LogP contribution in [0.15, 0.2) is 18.3 Å². The zero-order chi connectivity index (χ0) is 15.8. The third-order valence-corrected chi connectivity index (χ3v) is 2.82. The van der Waals surface area contributed by atoms with E-state index in [-0.39, 0.29) is 18.9 Å². The minimum absolute atomic E-state index is 0.0750. The summed E-state index contributed by atoms with van der Waals surface area (Å²) in [6, 6.07) is 3.19. The molecule has 21 heavy (non-hydrogen) atoms. The largest absolute Gasteiger partial charge is 0.468 e. The topological polar surface area (TPSA) is 85.8 Å². The molecule has 0 unspecified atom stereocenters. The number of Topliss-reactive ketones (excluding diaryl/α,β-unsaturated/α-hetero) is 1. The quantitative estimate of drug-likeness (QED) is 0.543. The molecule has 1 heterocycles. The molecule has 1 aromatic rings. The predicted octanol–water partition coefficient (Wildman–Crippen LogP) is 0.827. The Balaban J connectivity index is 2.93. The van der Waals surface area contributed by atoms with Crippen molar-refractivity contribution in [2.45, 2.75) is 13.3 Å². The van der Waals surface area contributed by atoms with Gasteiger partial charge in [-0.15, -0.1) is 0 Å². The summed E-state index contributed by atoms with van der Waals surface area (Å²) in [5.74, 6) is -1.06. The van der Waals surface area contributed by atoms with Crippen molar-refractivity contribution in [2.75, 3.05) is 32.2 Å². The molecule has 7 heteroatoms. The lowest BCUT2D eigenvalue weighted by Gasteiger charge is -2.21. The van der Waals surface area contributed by atoms with Crippen molar-refractivity contribution in [3.63, 3.8) is 0 Å². The van der Waals surface area contributed by atoms with Gasteiger partial charge in [0.15, 0.2) is 5.78 Å². The van der Waals surface area contributed by atoms with Crippen LogP contribution in [0.4, 0.5) is 5.69 Å². The van der Waals surface area contributed by atoms with E-state index in [4.69, 9.17) is 0 Å². The van der Waals surface area contributed by atoms with Crippen LogP contribution in [-0.2, 0) is 19.1 Å². The SMILES string of the molecule is CCC(=O)c1ccc(N(CC(=O)OC)CC(=O)OC)cn1. The highest BCUT2D eigenvalue weighted by Crippen LogP contribution is 2.14. The fraction of sp³-hybridized carbons (Fsp3) is 0.429. The Morgan fingerprint density at radius 2 is 1.67 bits per heavy atom. The van der Waals surface area contributed by atoms with E-state index in [1.807, 2.05) is 0 Å². The Morgan fingerprint density at radius 3 is 2.05 bits per heavy atom. The lowest BCUT2D eigenvalue weighted by molar-refractivity contribution is -0.140. The second-order valence-electron chi connectivity index (χ2n) is 4.19. The molecule has 0 aliphatic rings. The molecule has 0 spiro atoms. The molecule has 0 fully saturated rings. The van der Waals surface area contributed by atoms with Crippen LogP contribution in [0.2, 0.25) is 0 Å². The zero-order valence-electron chi connectivity index (χ0n) is 12.3. The van der Waals surface area contributed by atoms with Crippen LogP contribution in [-0.4, -0.2) is 50.0 Å². The van der Waals surface area contributed by atoms with Crippen LogP contribution in [0.1, 0.15) is 23.8 Å². The summed E-state index contributed by atoms with van der Waals surface area (Å²) < 4.78 is 9.18. The number of ether oxygens (including phenoxy) is 2. The normalized spacial score (nSPS) is 9.86. The molecule has 0 aliphatic heterocycles. The first kappa shape index (κ1) is 16.6. The third kappa shape index (κ3) is 4.87. The second kappa shape index (κ2) is 7.98. The molecule has 114 valence electrons. The van der Waals surface area contributed by atoms with E-state index in [1.165, 1.54) is 25.3 Å². The van der Waals surface area contributed by atoms with Gasteiger partial charge in [-0.3, -0.25) is 19.4 Å². The van der Waals surface area contributed by atoms with Crippen molar-refractivity contribution < 1.29 is 23.9 Å². The number of anilines is 1. The maximum absolute atomic E-state index is 11.5. The van der Waals surface area contributed by atoms with Crippen LogP contribution in [0.5, 0.6) is 0 Å². The molecule has 0 saturated carbocycles. The van der Waals surface area contributed by atoms with E-state index in [2.05, 4.69) is 14.5 Å². The highest BCUT2D eigenvalue weighted by Gasteiger charge is 2.17. The fourth-order valence-corrected chi connectivity index (χ4v) is 1.60. The van der Waals surface area contributed by atoms with Gasteiger partial charge in [0.05, 0.1) is 26.1 Å². The smallest absolute Gasteiger partial charge is 0.325 e. The molecular weight excluding hydrogens is 276 g/mol. The first-order chi connectivity index (χ1) is 10.0. The van der Waals surface area contributed by atoms with E-state index in [0.29, 0.717) is 17.8 Å². The molecule has 0 bridgehead atoms. The van der Waals surface area contributed by atoms with E-state index < -0.39 is 11.9 Å². The highest BCUT2D eigenvalue weighted by atomic mass is 16.5. The molecule has 7 nitrogen and oxygen atoms in total. The van der Waals surface area contributed by atoms with Crippen LogP contribution >= 0.6 is 0 Å². The number of esters is 2. The summed E-state index contributed by atoms with van der Waals surface area (Å²) in [5, 5.41) is 0. The molecule has 1 rings (SSSR count). The van der Waals surface area contributed by atoms with Gasteiger partial charge in [0, 0.05) is 6.42 Å². The number of aromatic nitrogens is 1. The lowest BCUT2D eigenvalue weighted by Crippen LogP contribution is -2.35. The van der Waals surface area contributed by atoms with Crippen LogP contribution in [0.3, 0.4) is 0 Å². The average molecular weight is 294 g/mol. The maximum Gasteiger partial charge on any atom is 0.325 e. The van der Waals surface area contributed by atoms with Crippen molar-refractivity contribution >= 4 is 23.4 Å². The van der Waals surface area contributed by atoms with Crippen LogP contribution in [0, 0.1) is 0 Å². The number of hydrogen-bond acceptors (Lipinski definition) is 7. The highest BCUT2D eigenvalue weighted by molar-refractivity contribution is 5.94. The van der Waals surface area contributed by atoms with Crippen molar-refractivity contribution in [1.29, 1.82) is 0 Å². The van der Waals surface area contributed by atoms with Gasteiger partial charge in [-0.05, 0) is 12.1 Å². The number of pyridine rings is 1. The first-order valence-corrected chi connectivity index (χ1v) is 6.39. The second-order valence-corrected chi connectivity index (χ2v) is 4.19. The summed E-state index contributed by atoms with van der Waals surface area (Å²) in [6.45, 7) is 1.52. The molecule has 0 aliphatic carbocycles. The van der Waals surface area contributed by atoms with E-state index in [9.17, 15) is 14.4 Å². The molecule has 0 aromatic carbocycles. The van der Waals surface area contributed by atoms with Gasteiger partial charge in [0.1, 0.15) is 18.8 Å². The monoisotopic (exact) mass is 294 g/mol. The Bertz CT molecular complexity index is 495. The average Bonchev–Trinajstić information content (AvgIpc) is 2.53. The third-order valence-electron chi connectivity index (χ3n) is 2.82.